The third-order valence-electron chi connectivity index (χ3n) is 3.87. The monoisotopic (exact) mass is 358 g/mol. The van der Waals surface area contributed by atoms with Crippen LogP contribution in [0.1, 0.15) is 23.3 Å². The van der Waals surface area contributed by atoms with Crippen LogP contribution in [-0.2, 0) is 11.0 Å². The average Bonchev–Trinajstić information content (AvgIpc) is 3.19. The standard InChI is InChI=1S/C20H13F3O3/c21-20(22,23)15-7-5-14(6-8-15)3-1-10-19(25)11-9-18(24)17(19)13-16-4-2-12-26-16/h2,4-9,11-13,25H,10H2/b17-13-. The summed E-state index contributed by atoms with van der Waals surface area (Å²) in [6.45, 7) is 0. The zero-order valence-corrected chi connectivity index (χ0v) is 13.4. The number of ketones is 1. The highest BCUT2D eigenvalue weighted by Gasteiger charge is 2.36. The molecule has 1 heterocycles. The van der Waals surface area contributed by atoms with E-state index in [9.17, 15) is 23.1 Å². The summed E-state index contributed by atoms with van der Waals surface area (Å²) in [4.78, 5) is 12.0. The Bertz CT molecular complexity index is 923. The van der Waals surface area contributed by atoms with E-state index < -0.39 is 17.3 Å². The number of carbonyl (C=O) groups is 1. The molecule has 2 aromatic rings. The van der Waals surface area contributed by atoms with Gasteiger partial charge < -0.3 is 9.52 Å². The van der Waals surface area contributed by atoms with Crippen molar-refractivity contribution < 1.29 is 27.5 Å². The SMILES string of the molecule is O=C1C=CC(O)(CC#Cc2ccc(C(F)(F)F)cc2)/C1=C\c1ccco1. The molecule has 0 spiro atoms. The first-order chi connectivity index (χ1) is 12.3. The van der Waals surface area contributed by atoms with Gasteiger partial charge in [-0.1, -0.05) is 11.8 Å². The van der Waals surface area contributed by atoms with Gasteiger partial charge in [-0.15, -0.1) is 0 Å². The van der Waals surface area contributed by atoms with Crippen LogP contribution < -0.4 is 0 Å². The van der Waals surface area contributed by atoms with E-state index in [-0.39, 0.29) is 17.8 Å². The molecule has 1 aliphatic carbocycles. The van der Waals surface area contributed by atoms with Gasteiger partial charge in [-0.05, 0) is 54.6 Å². The molecule has 1 unspecified atom stereocenters. The number of carbonyl (C=O) groups excluding carboxylic acids is 1. The average molecular weight is 358 g/mol. The Labute approximate surface area is 147 Å². The second-order valence-corrected chi connectivity index (χ2v) is 5.75. The number of halogens is 3. The van der Waals surface area contributed by atoms with Crippen LogP contribution in [0.3, 0.4) is 0 Å². The molecule has 0 saturated heterocycles. The number of allylic oxidation sites excluding steroid dienone is 1. The molecule has 0 radical (unpaired) electrons. The lowest BCUT2D eigenvalue weighted by molar-refractivity contribution is -0.137. The van der Waals surface area contributed by atoms with Gasteiger partial charge in [0.2, 0.25) is 0 Å². The number of hydrogen-bond acceptors (Lipinski definition) is 3. The Morgan fingerprint density at radius 3 is 2.54 bits per heavy atom. The molecule has 0 aliphatic heterocycles. The summed E-state index contributed by atoms with van der Waals surface area (Å²) in [5, 5.41) is 10.7. The first-order valence-corrected chi connectivity index (χ1v) is 7.66. The van der Waals surface area contributed by atoms with Crippen molar-refractivity contribution in [3.8, 4) is 11.8 Å². The third kappa shape index (κ3) is 3.79. The Morgan fingerprint density at radius 1 is 1.19 bits per heavy atom. The molecule has 0 fully saturated rings. The molecule has 0 saturated carbocycles. The van der Waals surface area contributed by atoms with Crippen LogP contribution in [0.2, 0.25) is 0 Å². The van der Waals surface area contributed by atoms with E-state index >= 15 is 0 Å². The molecule has 6 heteroatoms. The zero-order chi connectivity index (χ0) is 18.8. The molecular weight excluding hydrogens is 345 g/mol. The predicted octanol–water partition coefficient (Wildman–Crippen LogP) is 3.99. The van der Waals surface area contributed by atoms with Crippen LogP contribution >= 0.6 is 0 Å². The van der Waals surface area contributed by atoms with Crippen LogP contribution in [0.25, 0.3) is 6.08 Å². The Morgan fingerprint density at radius 2 is 1.92 bits per heavy atom. The number of hydrogen-bond donors (Lipinski definition) is 1. The Kier molecular flexibility index (Phi) is 4.58. The molecule has 1 aromatic carbocycles. The van der Waals surface area contributed by atoms with E-state index in [0.717, 1.165) is 12.1 Å². The van der Waals surface area contributed by atoms with Crippen molar-refractivity contribution in [2.45, 2.75) is 18.2 Å². The highest BCUT2D eigenvalue weighted by molar-refractivity contribution is 6.11. The highest BCUT2D eigenvalue weighted by Crippen LogP contribution is 2.31. The minimum absolute atomic E-state index is 0.0806. The second-order valence-electron chi connectivity index (χ2n) is 5.75. The van der Waals surface area contributed by atoms with Crippen LogP contribution in [0.4, 0.5) is 13.2 Å². The summed E-state index contributed by atoms with van der Waals surface area (Å²) in [6, 6.07) is 7.71. The lowest BCUT2D eigenvalue weighted by Crippen LogP contribution is -2.27. The summed E-state index contributed by atoms with van der Waals surface area (Å²) >= 11 is 0. The van der Waals surface area contributed by atoms with Crippen molar-refractivity contribution in [3.05, 3.63) is 77.3 Å². The molecule has 3 nitrogen and oxygen atoms in total. The summed E-state index contributed by atoms with van der Waals surface area (Å²) in [5.74, 6) is 5.49. The lowest BCUT2D eigenvalue weighted by atomic mass is 9.92. The Hall–Kier alpha value is -3.04. The fourth-order valence-corrected chi connectivity index (χ4v) is 2.50. The van der Waals surface area contributed by atoms with Gasteiger partial charge in [0.15, 0.2) is 5.78 Å². The number of rotatable bonds is 2. The van der Waals surface area contributed by atoms with Crippen molar-refractivity contribution in [2.24, 2.45) is 0 Å². The van der Waals surface area contributed by atoms with Gasteiger partial charge >= 0.3 is 6.18 Å². The van der Waals surface area contributed by atoms with Gasteiger partial charge in [0, 0.05) is 17.6 Å². The molecule has 1 aromatic heterocycles. The zero-order valence-electron chi connectivity index (χ0n) is 13.4. The van der Waals surface area contributed by atoms with Crippen molar-refractivity contribution >= 4 is 11.9 Å². The molecular formula is C20H13F3O3. The molecule has 0 bridgehead atoms. The maximum atomic E-state index is 12.5. The molecule has 132 valence electrons. The summed E-state index contributed by atoms with van der Waals surface area (Å²) < 4.78 is 42.8. The number of benzene rings is 1. The van der Waals surface area contributed by atoms with Gasteiger partial charge in [0.1, 0.15) is 11.4 Å². The molecule has 26 heavy (non-hydrogen) atoms. The van der Waals surface area contributed by atoms with E-state index in [4.69, 9.17) is 4.42 Å². The maximum Gasteiger partial charge on any atom is 0.416 e. The first kappa shape index (κ1) is 17.8. The molecule has 0 amide bonds. The minimum atomic E-state index is -4.40. The smallest absolute Gasteiger partial charge is 0.416 e. The van der Waals surface area contributed by atoms with Gasteiger partial charge in [0.25, 0.3) is 0 Å². The van der Waals surface area contributed by atoms with Crippen molar-refractivity contribution in [2.75, 3.05) is 0 Å². The minimum Gasteiger partial charge on any atom is -0.465 e. The van der Waals surface area contributed by atoms with Gasteiger partial charge in [-0.3, -0.25) is 4.79 Å². The first-order valence-electron chi connectivity index (χ1n) is 7.66. The van der Waals surface area contributed by atoms with Crippen LogP contribution in [0.15, 0.2) is 64.8 Å². The van der Waals surface area contributed by atoms with Gasteiger partial charge in [0.05, 0.1) is 11.8 Å². The maximum absolute atomic E-state index is 12.5. The molecule has 1 N–H and O–H groups in total. The Balaban J connectivity index is 1.77. The van der Waals surface area contributed by atoms with Crippen molar-refractivity contribution in [1.29, 1.82) is 0 Å². The van der Waals surface area contributed by atoms with Gasteiger partial charge in [-0.25, -0.2) is 0 Å². The van der Waals surface area contributed by atoms with Gasteiger partial charge in [-0.2, -0.15) is 13.2 Å². The highest BCUT2D eigenvalue weighted by atomic mass is 19.4. The van der Waals surface area contributed by atoms with E-state index in [0.29, 0.717) is 11.3 Å². The van der Waals surface area contributed by atoms with E-state index in [1.807, 2.05) is 0 Å². The number of alkyl halides is 3. The quantitative estimate of drug-likeness (QED) is 0.652. The topological polar surface area (TPSA) is 50.4 Å². The largest absolute Gasteiger partial charge is 0.465 e. The van der Waals surface area contributed by atoms with Crippen LogP contribution in [0.5, 0.6) is 0 Å². The lowest BCUT2D eigenvalue weighted by Gasteiger charge is -2.19. The number of aliphatic hydroxyl groups is 1. The summed E-state index contributed by atoms with van der Waals surface area (Å²) in [7, 11) is 0. The molecule has 1 atom stereocenters. The fourth-order valence-electron chi connectivity index (χ4n) is 2.50. The number of furan rings is 1. The normalized spacial score (nSPS) is 21.1. The summed E-state index contributed by atoms with van der Waals surface area (Å²) in [6.07, 6.45) is 1.02. The van der Waals surface area contributed by atoms with E-state index in [1.165, 1.54) is 36.6 Å². The fraction of sp³-hybridized carbons (Fsp3) is 0.150. The molecule has 3 rings (SSSR count). The van der Waals surface area contributed by atoms with Crippen LogP contribution in [0, 0.1) is 11.8 Å². The van der Waals surface area contributed by atoms with E-state index in [2.05, 4.69) is 11.8 Å². The van der Waals surface area contributed by atoms with Crippen molar-refractivity contribution in [1.82, 2.24) is 0 Å². The molecule has 1 aliphatic rings. The van der Waals surface area contributed by atoms with Crippen molar-refractivity contribution in [3.63, 3.8) is 0 Å². The second kappa shape index (κ2) is 6.70. The third-order valence-corrected chi connectivity index (χ3v) is 3.87. The van der Waals surface area contributed by atoms with E-state index in [1.54, 1.807) is 12.1 Å². The van der Waals surface area contributed by atoms with Crippen LogP contribution in [-0.4, -0.2) is 16.5 Å². The summed E-state index contributed by atoms with van der Waals surface area (Å²) in [5.41, 5.74) is -1.81. The predicted molar refractivity (Wildman–Crippen MR) is 88.7 cm³/mol.